The summed E-state index contributed by atoms with van der Waals surface area (Å²) in [4.78, 5) is 27.4. The maximum Gasteiger partial charge on any atom is 0.338 e. The van der Waals surface area contributed by atoms with Gasteiger partial charge < -0.3 is 24.8 Å². The van der Waals surface area contributed by atoms with Gasteiger partial charge in [-0.25, -0.2) is 9.59 Å². The van der Waals surface area contributed by atoms with E-state index in [-0.39, 0.29) is 6.03 Å². The zero-order valence-electron chi connectivity index (χ0n) is 17.4. The maximum absolute atomic E-state index is 12.7. The molecule has 29 heavy (non-hydrogen) atoms. The number of carbonyl (C=O) groups is 2. The molecule has 0 aromatic heterocycles. The number of amides is 2. The van der Waals surface area contributed by atoms with Crippen LogP contribution in [0.2, 0.25) is 0 Å². The first-order valence-corrected chi connectivity index (χ1v) is 9.83. The summed E-state index contributed by atoms with van der Waals surface area (Å²) in [5, 5.41) is 5.67. The van der Waals surface area contributed by atoms with Crippen LogP contribution in [0.5, 0.6) is 11.5 Å². The van der Waals surface area contributed by atoms with Crippen LogP contribution in [-0.2, 0) is 9.53 Å². The van der Waals surface area contributed by atoms with Gasteiger partial charge in [0, 0.05) is 18.3 Å². The summed E-state index contributed by atoms with van der Waals surface area (Å²) in [7, 11) is 4.45. The molecule has 2 atom stereocenters. The first-order chi connectivity index (χ1) is 14.0. The Labute approximate surface area is 171 Å². The molecule has 0 radical (unpaired) electrons. The van der Waals surface area contributed by atoms with Crippen LogP contribution in [0.1, 0.15) is 37.8 Å². The summed E-state index contributed by atoms with van der Waals surface area (Å²) in [5.74, 6) is 0.618. The second-order valence-corrected chi connectivity index (χ2v) is 7.34. The van der Waals surface area contributed by atoms with E-state index in [1.54, 1.807) is 26.4 Å². The van der Waals surface area contributed by atoms with Crippen molar-refractivity contribution in [1.82, 2.24) is 15.5 Å². The molecule has 1 fully saturated rings. The lowest BCUT2D eigenvalue weighted by molar-refractivity contribution is -0.136. The normalized spacial score (nSPS) is 22.6. The molecule has 0 unspecified atom stereocenters. The van der Waals surface area contributed by atoms with E-state index in [2.05, 4.69) is 22.5 Å². The molecule has 1 aromatic carbocycles. The molecule has 158 valence electrons. The van der Waals surface area contributed by atoms with E-state index in [1.165, 1.54) is 13.5 Å². The number of esters is 1. The lowest BCUT2D eigenvalue weighted by atomic mass is 9.94. The van der Waals surface area contributed by atoms with Crippen molar-refractivity contribution in [3.63, 3.8) is 0 Å². The van der Waals surface area contributed by atoms with Crippen molar-refractivity contribution in [2.45, 2.75) is 38.3 Å². The van der Waals surface area contributed by atoms with E-state index in [9.17, 15) is 9.59 Å². The second kappa shape index (κ2) is 9.17. The van der Waals surface area contributed by atoms with E-state index in [4.69, 9.17) is 14.2 Å². The van der Waals surface area contributed by atoms with Gasteiger partial charge in [-0.1, -0.05) is 12.5 Å². The minimum Gasteiger partial charge on any atom is -0.493 e. The average molecular weight is 403 g/mol. The minimum absolute atomic E-state index is 0.350. The zero-order chi connectivity index (χ0) is 21.0. The Morgan fingerprint density at radius 2 is 1.93 bits per heavy atom. The molecule has 1 aromatic rings. The van der Waals surface area contributed by atoms with Crippen LogP contribution >= 0.6 is 0 Å². The molecule has 0 saturated carbocycles. The Morgan fingerprint density at radius 3 is 2.59 bits per heavy atom. The molecular weight excluding hydrogens is 374 g/mol. The van der Waals surface area contributed by atoms with Crippen molar-refractivity contribution in [3.8, 4) is 11.5 Å². The molecule has 0 aliphatic carbocycles. The van der Waals surface area contributed by atoms with Gasteiger partial charge in [0.2, 0.25) is 0 Å². The lowest BCUT2D eigenvalue weighted by Gasteiger charge is -2.36. The van der Waals surface area contributed by atoms with E-state index >= 15 is 0 Å². The summed E-state index contributed by atoms with van der Waals surface area (Å²) in [6.45, 7) is 3.60. The number of nitrogens with one attached hydrogen (secondary N) is 2. The third kappa shape index (κ3) is 4.48. The fourth-order valence-electron chi connectivity index (χ4n) is 3.97. The van der Waals surface area contributed by atoms with Crippen LogP contribution in [0, 0.1) is 0 Å². The molecule has 2 amide bonds. The number of likely N-dealkylation sites (tertiary alicyclic amines) is 1. The van der Waals surface area contributed by atoms with Crippen LogP contribution in [0.3, 0.4) is 0 Å². The number of hydrogen-bond acceptors (Lipinski definition) is 6. The summed E-state index contributed by atoms with van der Waals surface area (Å²) in [6, 6.07) is 4.72. The third-order valence-electron chi connectivity index (χ3n) is 5.60. The number of carbonyl (C=O) groups excluding carboxylic acids is 2. The highest BCUT2D eigenvalue weighted by atomic mass is 16.5. The SMILES string of the molecule is COC(=O)C1=C(CN2CCCC[C@H]2C)NC(=O)N[C@@H]1c1ccc(OC)c(OC)c1. The van der Waals surface area contributed by atoms with Crippen molar-refractivity contribution in [2.24, 2.45) is 0 Å². The van der Waals surface area contributed by atoms with Gasteiger partial charge in [0.25, 0.3) is 0 Å². The molecule has 8 nitrogen and oxygen atoms in total. The zero-order valence-corrected chi connectivity index (χ0v) is 17.4. The molecular formula is C21H29N3O5. The Bertz CT molecular complexity index is 808. The number of rotatable bonds is 6. The predicted molar refractivity (Wildman–Crippen MR) is 108 cm³/mol. The molecule has 0 bridgehead atoms. The molecule has 2 heterocycles. The molecule has 8 heteroatoms. The number of benzene rings is 1. The maximum atomic E-state index is 12.7. The van der Waals surface area contributed by atoms with Gasteiger partial charge in [0.15, 0.2) is 11.5 Å². The standard InChI is InChI=1S/C21H29N3O5/c1-13-7-5-6-10-24(13)12-15-18(20(25)29-4)19(23-21(26)22-15)14-8-9-16(27-2)17(11-14)28-3/h8-9,11,13,19H,5-7,10,12H2,1-4H3,(H2,22,23,26)/t13-,19-/m1/s1. The summed E-state index contributed by atoms with van der Waals surface area (Å²) >= 11 is 0. The van der Waals surface area contributed by atoms with Gasteiger partial charge in [-0.3, -0.25) is 4.90 Å². The molecule has 3 rings (SSSR count). The number of urea groups is 1. The van der Waals surface area contributed by atoms with Crippen molar-refractivity contribution in [2.75, 3.05) is 34.4 Å². The van der Waals surface area contributed by atoms with Crippen LogP contribution in [0.25, 0.3) is 0 Å². The monoisotopic (exact) mass is 403 g/mol. The quantitative estimate of drug-likeness (QED) is 0.709. The highest BCUT2D eigenvalue weighted by molar-refractivity contribution is 5.95. The Hall–Kier alpha value is -2.74. The summed E-state index contributed by atoms with van der Waals surface area (Å²) in [6.07, 6.45) is 3.41. The Morgan fingerprint density at radius 1 is 1.17 bits per heavy atom. The van der Waals surface area contributed by atoms with E-state index in [0.29, 0.717) is 40.9 Å². The van der Waals surface area contributed by atoms with Gasteiger partial charge in [-0.15, -0.1) is 0 Å². The predicted octanol–water partition coefficient (Wildman–Crippen LogP) is 2.36. The molecule has 2 N–H and O–H groups in total. The lowest BCUT2D eigenvalue weighted by Crippen LogP contribution is -2.50. The van der Waals surface area contributed by atoms with Gasteiger partial charge in [-0.2, -0.15) is 0 Å². The number of nitrogens with zero attached hydrogens (tertiary/aromatic N) is 1. The molecule has 0 spiro atoms. The number of piperidine rings is 1. The molecule has 2 aliphatic heterocycles. The van der Waals surface area contributed by atoms with Crippen molar-refractivity contribution in [3.05, 3.63) is 35.0 Å². The van der Waals surface area contributed by atoms with E-state index in [0.717, 1.165) is 19.4 Å². The second-order valence-electron chi connectivity index (χ2n) is 7.34. The topological polar surface area (TPSA) is 89.1 Å². The smallest absolute Gasteiger partial charge is 0.338 e. The number of ether oxygens (including phenoxy) is 3. The van der Waals surface area contributed by atoms with Crippen molar-refractivity contribution < 1.29 is 23.8 Å². The van der Waals surface area contributed by atoms with Gasteiger partial charge in [0.1, 0.15) is 0 Å². The minimum atomic E-state index is -0.647. The number of hydrogen-bond donors (Lipinski definition) is 2. The van der Waals surface area contributed by atoms with Crippen LogP contribution < -0.4 is 20.1 Å². The number of methoxy groups -OCH3 is 3. The third-order valence-corrected chi connectivity index (χ3v) is 5.60. The van der Waals surface area contributed by atoms with Crippen molar-refractivity contribution in [1.29, 1.82) is 0 Å². The first kappa shape index (κ1) is 21.0. The highest BCUT2D eigenvalue weighted by Gasteiger charge is 2.35. The van der Waals surface area contributed by atoms with Crippen LogP contribution in [-0.4, -0.2) is 57.4 Å². The van der Waals surface area contributed by atoms with Crippen molar-refractivity contribution >= 4 is 12.0 Å². The Kier molecular flexibility index (Phi) is 6.64. The van der Waals surface area contributed by atoms with E-state index in [1.807, 2.05) is 6.07 Å². The van der Waals surface area contributed by atoms with E-state index < -0.39 is 12.0 Å². The van der Waals surface area contributed by atoms with Crippen LogP contribution in [0.4, 0.5) is 4.79 Å². The average Bonchev–Trinajstić information content (AvgIpc) is 2.74. The summed E-state index contributed by atoms with van der Waals surface area (Å²) in [5.41, 5.74) is 1.69. The summed E-state index contributed by atoms with van der Waals surface area (Å²) < 4.78 is 15.7. The van der Waals surface area contributed by atoms with Gasteiger partial charge in [0.05, 0.1) is 32.9 Å². The van der Waals surface area contributed by atoms with Crippen LogP contribution in [0.15, 0.2) is 29.5 Å². The fourth-order valence-corrected chi connectivity index (χ4v) is 3.97. The largest absolute Gasteiger partial charge is 0.493 e. The molecule has 2 aliphatic rings. The molecule has 1 saturated heterocycles. The Balaban J connectivity index is 2.02. The fraction of sp³-hybridized carbons (Fsp3) is 0.524. The van der Waals surface area contributed by atoms with Gasteiger partial charge >= 0.3 is 12.0 Å². The first-order valence-electron chi connectivity index (χ1n) is 9.83. The highest BCUT2D eigenvalue weighted by Crippen LogP contribution is 2.34. The van der Waals surface area contributed by atoms with Gasteiger partial charge in [-0.05, 0) is 44.0 Å².